The minimum Gasteiger partial charge on any atom is -0.378 e. The van der Waals surface area contributed by atoms with E-state index >= 15 is 0 Å². The molecule has 188 valence electrons. The lowest BCUT2D eigenvalue weighted by Crippen LogP contribution is -2.42. The zero-order valence-electron chi connectivity index (χ0n) is 20.1. The zero-order valence-corrected chi connectivity index (χ0v) is 20.1. The van der Waals surface area contributed by atoms with Crippen LogP contribution in [-0.2, 0) is 19.3 Å². The van der Waals surface area contributed by atoms with E-state index in [1.54, 1.807) is 0 Å². The van der Waals surface area contributed by atoms with Gasteiger partial charge in [0.15, 0.2) is 0 Å². The number of benzene rings is 2. The Labute approximate surface area is 201 Å². The highest BCUT2D eigenvalue weighted by Gasteiger charge is 2.30. The number of hydrogen-bond acceptors (Lipinski definition) is 5. The quantitative estimate of drug-likeness (QED) is 0.412. The fourth-order valence-corrected chi connectivity index (χ4v) is 3.64. The molecule has 0 saturated carbocycles. The minimum atomic E-state index is -4.53. The van der Waals surface area contributed by atoms with E-state index in [0.29, 0.717) is 6.42 Å². The molecule has 1 heterocycles. The summed E-state index contributed by atoms with van der Waals surface area (Å²) >= 11 is 0. The number of unbranched alkanes of at least 4 members (excludes halogenated alkanes) is 3. The molecule has 0 saturated heterocycles. The standard InChI is InChI=1S/C25H30F3N5O2/c1-4-5-6-7-15-32-23(34)30-22(29-20-10-8-9-19(16-20)25(26,27)28)33(24(32)35)17-18-11-13-21(14-12-18)31(2)3/h8-14,16H,4-7,15,17H2,1-3H3,(H,29,30,34). The second-order valence-corrected chi connectivity index (χ2v) is 8.56. The van der Waals surface area contributed by atoms with Crippen molar-refractivity contribution in [1.82, 2.24) is 14.1 Å². The van der Waals surface area contributed by atoms with Crippen LogP contribution in [0.25, 0.3) is 0 Å². The molecule has 0 radical (unpaired) electrons. The average Bonchev–Trinajstić information content (AvgIpc) is 2.81. The van der Waals surface area contributed by atoms with Gasteiger partial charge in [0.2, 0.25) is 5.95 Å². The molecular formula is C25H30F3N5O2. The maximum Gasteiger partial charge on any atom is 0.416 e. The zero-order chi connectivity index (χ0) is 25.6. The molecule has 1 N–H and O–H groups in total. The van der Waals surface area contributed by atoms with Crippen molar-refractivity contribution in [3.8, 4) is 0 Å². The van der Waals surface area contributed by atoms with E-state index < -0.39 is 23.1 Å². The monoisotopic (exact) mass is 489 g/mol. The Morgan fingerprint density at radius 2 is 1.69 bits per heavy atom. The van der Waals surface area contributed by atoms with E-state index in [-0.39, 0.29) is 24.7 Å². The summed E-state index contributed by atoms with van der Waals surface area (Å²) in [6, 6.07) is 12.0. The van der Waals surface area contributed by atoms with Crippen molar-refractivity contribution in [2.75, 3.05) is 24.3 Å². The Balaban J connectivity index is 2.01. The highest BCUT2D eigenvalue weighted by atomic mass is 19.4. The molecular weight excluding hydrogens is 459 g/mol. The largest absolute Gasteiger partial charge is 0.416 e. The second kappa shape index (κ2) is 11.2. The molecule has 0 spiro atoms. The first-order chi connectivity index (χ1) is 16.6. The number of anilines is 3. The van der Waals surface area contributed by atoms with Gasteiger partial charge < -0.3 is 10.2 Å². The summed E-state index contributed by atoms with van der Waals surface area (Å²) in [5, 5.41) is 2.75. The van der Waals surface area contributed by atoms with Gasteiger partial charge in [-0.2, -0.15) is 18.2 Å². The van der Waals surface area contributed by atoms with Crippen molar-refractivity contribution in [3.63, 3.8) is 0 Å². The third-order valence-corrected chi connectivity index (χ3v) is 5.62. The summed E-state index contributed by atoms with van der Waals surface area (Å²) in [4.78, 5) is 32.0. The third-order valence-electron chi connectivity index (χ3n) is 5.62. The van der Waals surface area contributed by atoms with Crippen molar-refractivity contribution in [3.05, 3.63) is 80.6 Å². The van der Waals surface area contributed by atoms with Gasteiger partial charge in [0.1, 0.15) is 0 Å². The number of nitrogens with zero attached hydrogens (tertiary/aromatic N) is 4. The summed E-state index contributed by atoms with van der Waals surface area (Å²) in [7, 11) is 3.82. The molecule has 3 rings (SSSR count). The van der Waals surface area contributed by atoms with Gasteiger partial charge in [-0.25, -0.2) is 14.2 Å². The van der Waals surface area contributed by atoms with Gasteiger partial charge in [-0.3, -0.25) is 4.57 Å². The fraction of sp³-hybridized carbons (Fsp3) is 0.400. The molecule has 0 aliphatic heterocycles. The van der Waals surface area contributed by atoms with E-state index in [0.717, 1.165) is 47.2 Å². The van der Waals surface area contributed by atoms with Gasteiger partial charge in [0.25, 0.3) is 0 Å². The number of halogens is 3. The summed E-state index contributed by atoms with van der Waals surface area (Å²) in [5.41, 5.74) is -0.318. The van der Waals surface area contributed by atoms with Crippen LogP contribution in [-0.4, -0.2) is 28.2 Å². The van der Waals surface area contributed by atoms with Crippen LogP contribution < -0.4 is 21.6 Å². The van der Waals surface area contributed by atoms with Crippen molar-refractivity contribution in [1.29, 1.82) is 0 Å². The van der Waals surface area contributed by atoms with Gasteiger partial charge in [0, 0.05) is 32.0 Å². The number of hydrogen-bond donors (Lipinski definition) is 1. The summed E-state index contributed by atoms with van der Waals surface area (Å²) in [6.45, 7) is 2.39. The van der Waals surface area contributed by atoms with Crippen LogP contribution in [0.3, 0.4) is 0 Å². The average molecular weight is 490 g/mol. The maximum absolute atomic E-state index is 13.3. The highest BCUT2D eigenvalue weighted by molar-refractivity contribution is 5.55. The molecule has 7 nitrogen and oxygen atoms in total. The van der Waals surface area contributed by atoms with Gasteiger partial charge in [-0.1, -0.05) is 44.4 Å². The number of nitrogens with one attached hydrogen (secondary N) is 1. The molecule has 0 fully saturated rings. The smallest absolute Gasteiger partial charge is 0.378 e. The second-order valence-electron chi connectivity index (χ2n) is 8.56. The Kier molecular flexibility index (Phi) is 8.37. The molecule has 0 atom stereocenters. The molecule has 0 unspecified atom stereocenters. The maximum atomic E-state index is 13.3. The van der Waals surface area contributed by atoms with Crippen LogP contribution >= 0.6 is 0 Å². The number of aromatic nitrogens is 3. The molecule has 0 aliphatic carbocycles. The highest BCUT2D eigenvalue weighted by Crippen LogP contribution is 2.31. The Hall–Kier alpha value is -3.56. The van der Waals surface area contributed by atoms with Crippen LogP contribution in [0.1, 0.15) is 43.7 Å². The molecule has 3 aromatic rings. The van der Waals surface area contributed by atoms with E-state index in [1.165, 1.54) is 16.7 Å². The van der Waals surface area contributed by atoms with E-state index in [4.69, 9.17) is 0 Å². The normalized spacial score (nSPS) is 11.5. The van der Waals surface area contributed by atoms with Crippen molar-refractivity contribution in [2.24, 2.45) is 0 Å². The van der Waals surface area contributed by atoms with E-state index in [9.17, 15) is 22.8 Å². The Morgan fingerprint density at radius 1 is 0.971 bits per heavy atom. The third kappa shape index (κ3) is 6.74. The van der Waals surface area contributed by atoms with E-state index in [1.807, 2.05) is 43.3 Å². The first-order valence-electron chi connectivity index (χ1n) is 11.5. The van der Waals surface area contributed by atoms with Crippen LogP contribution in [0.4, 0.5) is 30.5 Å². The van der Waals surface area contributed by atoms with Gasteiger partial charge in [0.05, 0.1) is 12.1 Å². The molecule has 0 amide bonds. The Bertz CT molecular complexity index is 1250. The van der Waals surface area contributed by atoms with Crippen molar-refractivity contribution >= 4 is 17.3 Å². The minimum absolute atomic E-state index is 0.0727. The van der Waals surface area contributed by atoms with Crippen LogP contribution in [0.2, 0.25) is 0 Å². The number of rotatable bonds is 10. The van der Waals surface area contributed by atoms with E-state index in [2.05, 4.69) is 17.2 Å². The van der Waals surface area contributed by atoms with Gasteiger partial charge in [-0.05, 0) is 42.3 Å². The summed E-state index contributed by atoms with van der Waals surface area (Å²) < 4.78 is 41.9. The van der Waals surface area contributed by atoms with Crippen molar-refractivity contribution in [2.45, 2.75) is 51.9 Å². The molecule has 1 aromatic heterocycles. The molecule has 2 aromatic carbocycles. The van der Waals surface area contributed by atoms with Crippen molar-refractivity contribution < 1.29 is 13.2 Å². The predicted octanol–water partition coefficient (Wildman–Crippen LogP) is 4.86. The molecule has 10 heteroatoms. The van der Waals surface area contributed by atoms with Gasteiger partial charge >= 0.3 is 17.6 Å². The molecule has 35 heavy (non-hydrogen) atoms. The lowest BCUT2D eigenvalue weighted by atomic mass is 10.2. The predicted molar refractivity (Wildman–Crippen MR) is 131 cm³/mol. The lowest BCUT2D eigenvalue weighted by molar-refractivity contribution is -0.137. The fourth-order valence-electron chi connectivity index (χ4n) is 3.64. The van der Waals surface area contributed by atoms with Crippen LogP contribution in [0, 0.1) is 0 Å². The topological polar surface area (TPSA) is 72.2 Å². The first-order valence-corrected chi connectivity index (χ1v) is 11.5. The Morgan fingerprint density at radius 3 is 2.31 bits per heavy atom. The van der Waals surface area contributed by atoms with Crippen LogP contribution in [0.15, 0.2) is 58.1 Å². The number of alkyl halides is 3. The summed E-state index contributed by atoms with van der Waals surface area (Å²) in [6.07, 6.45) is -0.994. The summed E-state index contributed by atoms with van der Waals surface area (Å²) in [5.74, 6) is -0.110. The molecule has 0 aliphatic rings. The SMILES string of the molecule is CCCCCCn1c(=O)nc(Nc2cccc(C(F)(F)F)c2)n(Cc2ccc(N(C)C)cc2)c1=O. The van der Waals surface area contributed by atoms with Crippen LogP contribution in [0.5, 0.6) is 0 Å². The van der Waals surface area contributed by atoms with Gasteiger partial charge in [-0.15, -0.1) is 0 Å². The lowest BCUT2D eigenvalue weighted by Gasteiger charge is -2.17. The molecule has 0 bridgehead atoms. The first kappa shape index (κ1) is 26.1.